The Morgan fingerprint density at radius 3 is 2.73 bits per heavy atom. The van der Waals surface area contributed by atoms with Crippen molar-refractivity contribution in [2.24, 2.45) is 13.0 Å². The highest BCUT2D eigenvalue weighted by Crippen LogP contribution is 2.34. The van der Waals surface area contributed by atoms with E-state index in [9.17, 15) is 14.9 Å². The van der Waals surface area contributed by atoms with Gasteiger partial charge in [-0.3, -0.25) is 19.6 Å². The van der Waals surface area contributed by atoms with Gasteiger partial charge in [0, 0.05) is 38.9 Å². The zero-order valence-electron chi connectivity index (χ0n) is 15.0. The van der Waals surface area contributed by atoms with Crippen LogP contribution in [0.1, 0.15) is 28.8 Å². The smallest absolute Gasteiger partial charge is 0.292 e. The van der Waals surface area contributed by atoms with Crippen molar-refractivity contribution in [1.29, 1.82) is 0 Å². The van der Waals surface area contributed by atoms with Crippen LogP contribution in [-0.4, -0.2) is 40.2 Å². The minimum absolute atomic E-state index is 0.116. The lowest BCUT2D eigenvalue weighted by atomic mass is 9.95. The van der Waals surface area contributed by atoms with E-state index in [0.29, 0.717) is 18.0 Å². The number of aromatic nitrogens is 2. The van der Waals surface area contributed by atoms with Crippen LogP contribution >= 0.6 is 0 Å². The van der Waals surface area contributed by atoms with Crippen LogP contribution in [0.4, 0.5) is 11.4 Å². The maximum atomic E-state index is 12.1. The lowest BCUT2D eigenvalue weighted by Gasteiger charge is -2.34. The van der Waals surface area contributed by atoms with Crippen molar-refractivity contribution in [3.63, 3.8) is 0 Å². The molecule has 0 bridgehead atoms. The third-order valence-corrected chi connectivity index (χ3v) is 4.86. The van der Waals surface area contributed by atoms with Crippen LogP contribution in [0.3, 0.4) is 0 Å². The van der Waals surface area contributed by atoms with Crippen LogP contribution in [0.25, 0.3) is 0 Å². The first-order valence-corrected chi connectivity index (χ1v) is 8.71. The first kappa shape index (κ1) is 17.9. The molecule has 1 saturated heterocycles. The molecule has 1 aromatic heterocycles. The summed E-state index contributed by atoms with van der Waals surface area (Å²) in [6.07, 6.45) is 5.02. The van der Waals surface area contributed by atoms with Gasteiger partial charge in [0.25, 0.3) is 11.6 Å². The Labute approximate surface area is 151 Å². The zero-order valence-corrected chi connectivity index (χ0v) is 15.0. The van der Waals surface area contributed by atoms with E-state index in [2.05, 4.69) is 15.3 Å². The third kappa shape index (κ3) is 3.84. The highest BCUT2D eigenvalue weighted by Gasteiger charge is 2.26. The molecule has 0 radical (unpaired) electrons. The summed E-state index contributed by atoms with van der Waals surface area (Å²) < 4.78 is 1.60. The topological polar surface area (TPSA) is 93.3 Å². The predicted octanol–water partition coefficient (Wildman–Crippen LogP) is 2.28. The summed E-state index contributed by atoms with van der Waals surface area (Å²) in [6, 6.07) is 5.18. The van der Waals surface area contributed by atoms with Crippen LogP contribution in [0.2, 0.25) is 0 Å². The van der Waals surface area contributed by atoms with Crippen LogP contribution in [0.5, 0.6) is 0 Å². The Morgan fingerprint density at radius 1 is 1.38 bits per heavy atom. The number of aryl methyl sites for hydroxylation is 2. The first-order chi connectivity index (χ1) is 12.5. The SMILES string of the molecule is Cc1cccc([N+](=O)[O-])c1N1CCC(CNC(=O)c2cnn(C)c2)CC1. The second kappa shape index (κ2) is 7.55. The van der Waals surface area contributed by atoms with Gasteiger partial charge in [-0.15, -0.1) is 0 Å². The fraction of sp³-hybridized carbons (Fsp3) is 0.444. The molecule has 26 heavy (non-hydrogen) atoms. The summed E-state index contributed by atoms with van der Waals surface area (Å²) in [6.45, 7) is 4.01. The van der Waals surface area contributed by atoms with Crippen molar-refractivity contribution in [2.75, 3.05) is 24.5 Å². The van der Waals surface area contributed by atoms with Crippen LogP contribution in [-0.2, 0) is 7.05 Å². The molecule has 0 spiro atoms. The minimum Gasteiger partial charge on any atom is -0.366 e. The molecule has 0 unspecified atom stereocenters. The molecular weight excluding hydrogens is 334 g/mol. The van der Waals surface area contributed by atoms with E-state index in [1.54, 1.807) is 36.3 Å². The Kier molecular flexibility index (Phi) is 5.20. The fourth-order valence-corrected chi connectivity index (χ4v) is 3.44. The summed E-state index contributed by atoms with van der Waals surface area (Å²) in [5.41, 5.74) is 2.35. The third-order valence-electron chi connectivity index (χ3n) is 4.86. The Bertz CT molecular complexity index is 809. The van der Waals surface area contributed by atoms with Crippen molar-refractivity contribution < 1.29 is 9.72 Å². The lowest BCUT2D eigenvalue weighted by Crippen LogP contribution is -2.39. The molecule has 1 aliphatic rings. The molecule has 8 heteroatoms. The standard InChI is InChI=1S/C18H23N5O3/c1-13-4-3-5-16(23(25)26)17(13)22-8-6-14(7-9-22)10-19-18(24)15-11-20-21(2)12-15/h3-5,11-12,14H,6-10H2,1-2H3,(H,19,24). The molecule has 0 atom stereocenters. The molecule has 8 nitrogen and oxygen atoms in total. The van der Waals surface area contributed by atoms with E-state index in [-0.39, 0.29) is 16.5 Å². The molecular formula is C18H23N5O3. The maximum absolute atomic E-state index is 12.1. The van der Waals surface area contributed by atoms with E-state index in [1.807, 2.05) is 13.0 Å². The molecule has 1 N–H and O–H groups in total. The minimum atomic E-state index is -0.317. The number of piperidine rings is 1. The van der Waals surface area contributed by atoms with E-state index < -0.39 is 0 Å². The number of anilines is 1. The normalized spacial score (nSPS) is 15.1. The number of nitrogens with one attached hydrogen (secondary N) is 1. The number of amides is 1. The van der Waals surface area contributed by atoms with E-state index in [1.165, 1.54) is 0 Å². The first-order valence-electron chi connectivity index (χ1n) is 8.71. The van der Waals surface area contributed by atoms with Crippen LogP contribution in [0.15, 0.2) is 30.6 Å². The number of benzene rings is 1. The molecule has 1 amide bonds. The summed E-state index contributed by atoms with van der Waals surface area (Å²) in [4.78, 5) is 25.2. The lowest BCUT2D eigenvalue weighted by molar-refractivity contribution is -0.384. The van der Waals surface area contributed by atoms with Crippen molar-refractivity contribution in [3.05, 3.63) is 51.8 Å². The number of rotatable bonds is 5. The molecule has 1 aromatic carbocycles. The van der Waals surface area contributed by atoms with Gasteiger partial charge in [0.1, 0.15) is 5.69 Å². The molecule has 2 heterocycles. The number of carbonyl (C=O) groups is 1. The molecule has 0 aliphatic carbocycles. The van der Waals surface area contributed by atoms with E-state index in [4.69, 9.17) is 0 Å². The van der Waals surface area contributed by atoms with Gasteiger partial charge in [0.15, 0.2) is 0 Å². The largest absolute Gasteiger partial charge is 0.366 e. The Hall–Kier alpha value is -2.90. The van der Waals surface area contributed by atoms with Crippen molar-refractivity contribution in [1.82, 2.24) is 15.1 Å². The summed E-state index contributed by atoms with van der Waals surface area (Å²) in [5.74, 6) is 0.255. The zero-order chi connectivity index (χ0) is 18.7. The highest BCUT2D eigenvalue weighted by molar-refractivity contribution is 5.93. The average Bonchev–Trinajstić information content (AvgIpc) is 3.06. The van der Waals surface area contributed by atoms with Crippen LogP contribution < -0.4 is 10.2 Å². The van der Waals surface area contributed by atoms with Gasteiger partial charge in [-0.2, -0.15) is 5.10 Å². The maximum Gasteiger partial charge on any atom is 0.292 e. The van der Waals surface area contributed by atoms with Gasteiger partial charge in [-0.1, -0.05) is 12.1 Å². The van der Waals surface area contributed by atoms with Gasteiger partial charge in [0.05, 0.1) is 16.7 Å². The number of hydrogen-bond donors (Lipinski definition) is 1. The second-order valence-corrected chi connectivity index (χ2v) is 6.74. The molecule has 3 rings (SSSR count). The second-order valence-electron chi connectivity index (χ2n) is 6.74. The predicted molar refractivity (Wildman–Crippen MR) is 98.3 cm³/mol. The van der Waals surface area contributed by atoms with Crippen molar-refractivity contribution in [3.8, 4) is 0 Å². The molecule has 1 fully saturated rings. The van der Waals surface area contributed by atoms with Gasteiger partial charge in [0.2, 0.25) is 0 Å². The van der Waals surface area contributed by atoms with Gasteiger partial charge < -0.3 is 10.2 Å². The van der Waals surface area contributed by atoms with Crippen molar-refractivity contribution >= 4 is 17.3 Å². The molecule has 0 saturated carbocycles. The number of hydrogen-bond acceptors (Lipinski definition) is 5. The van der Waals surface area contributed by atoms with E-state index >= 15 is 0 Å². The Balaban J connectivity index is 1.57. The molecule has 2 aromatic rings. The molecule has 138 valence electrons. The fourth-order valence-electron chi connectivity index (χ4n) is 3.44. The number of carbonyl (C=O) groups excluding carboxylic acids is 1. The van der Waals surface area contributed by atoms with Gasteiger partial charge in [-0.25, -0.2) is 0 Å². The van der Waals surface area contributed by atoms with Crippen LogP contribution in [0, 0.1) is 23.0 Å². The quantitative estimate of drug-likeness (QED) is 0.654. The highest BCUT2D eigenvalue weighted by atomic mass is 16.6. The number of nitro groups is 1. The summed E-state index contributed by atoms with van der Waals surface area (Å²) >= 11 is 0. The number of nitrogens with zero attached hydrogens (tertiary/aromatic N) is 4. The van der Waals surface area contributed by atoms with Gasteiger partial charge >= 0.3 is 0 Å². The van der Waals surface area contributed by atoms with Gasteiger partial charge in [-0.05, 0) is 31.2 Å². The van der Waals surface area contributed by atoms with E-state index in [0.717, 1.165) is 37.2 Å². The monoisotopic (exact) mass is 357 g/mol. The Morgan fingerprint density at radius 2 is 2.12 bits per heavy atom. The number of para-hydroxylation sites is 1. The summed E-state index contributed by atoms with van der Waals surface area (Å²) in [7, 11) is 1.78. The summed E-state index contributed by atoms with van der Waals surface area (Å²) in [5, 5.41) is 18.3. The number of nitro benzene ring substituents is 1. The average molecular weight is 357 g/mol. The molecule has 1 aliphatic heterocycles. The van der Waals surface area contributed by atoms with Crippen molar-refractivity contribution in [2.45, 2.75) is 19.8 Å².